The van der Waals surface area contributed by atoms with E-state index in [1.54, 1.807) is 12.3 Å². The third-order valence-electron chi connectivity index (χ3n) is 3.09. The zero-order valence-corrected chi connectivity index (χ0v) is 10.8. The number of hydrogen-bond donors (Lipinski definition) is 4. The van der Waals surface area contributed by atoms with Crippen molar-refractivity contribution in [2.45, 2.75) is 0 Å². The molecule has 0 saturated heterocycles. The number of nitrogens with one attached hydrogen (secondary N) is 2. The largest absolute Gasteiger partial charge is 0.464 e. The zero-order chi connectivity index (χ0) is 15.0. The number of nitrogens with two attached hydrogens (primary N) is 2. The Morgan fingerprint density at radius 1 is 1.14 bits per heavy atom. The van der Waals surface area contributed by atoms with Crippen LogP contribution in [0.1, 0.15) is 10.4 Å². The van der Waals surface area contributed by atoms with Crippen LogP contribution in [0.4, 0.5) is 10.6 Å². The molecular formula is C14H12N4O3. The average molecular weight is 284 g/mol. The first-order valence-corrected chi connectivity index (χ1v) is 6.11. The minimum atomic E-state index is -0.781. The van der Waals surface area contributed by atoms with Crippen molar-refractivity contribution in [3.8, 4) is 11.3 Å². The van der Waals surface area contributed by atoms with E-state index in [-0.39, 0.29) is 11.4 Å². The number of aromatic nitrogens is 1. The van der Waals surface area contributed by atoms with E-state index in [2.05, 4.69) is 10.3 Å². The smallest absolute Gasteiger partial charge is 0.317 e. The first-order valence-electron chi connectivity index (χ1n) is 6.11. The molecule has 1 aromatic carbocycles. The van der Waals surface area contributed by atoms with Gasteiger partial charge < -0.3 is 20.9 Å². The molecule has 0 aliphatic heterocycles. The summed E-state index contributed by atoms with van der Waals surface area (Å²) in [7, 11) is 0. The van der Waals surface area contributed by atoms with Crippen molar-refractivity contribution in [2.24, 2.45) is 11.5 Å². The van der Waals surface area contributed by atoms with E-state index in [1.165, 1.54) is 0 Å². The summed E-state index contributed by atoms with van der Waals surface area (Å²) in [5.41, 5.74) is 12.7. The molecule has 3 aromatic rings. The number of furan rings is 1. The predicted molar refractivity (Wildman–Crippen MR) is 77.7 cm³/mol. The summed E-state index contributed by atoms with van der Waals surface area (Å²) < 4.78 is 5.27. The Balaban J connectivity index is 2.08. The molecule has 106 valence electrons. The Bertz CT molecular complexity index is 847. The number of rotatable bonds is 3. The maximum Gasteiger partial charge on any atom is 0.317 e. The van der Waals surface area contributed by atoms with E-state index >= 15 is 0 Å². The average Bonchev–Trinajstić information content (AvgIpc) is 3.03. The number of urea groups is 1. The number of carbonyl (C=O) groups excluding carboxylic acids is 2. The summed E-state index contributed by atoms with van der Waals surface area (Å²) in [6.45, 7) is 0. The van der Waals surface area contributed by atoms with Crippen LogP contribution in [0.15, 0.2) is 41.0 Å². The van der Waals surface area contributed by atoms with Crippen LogP contribution in [0.5, 0.6) is 0 Å². The van der Waals surface area contributed by atoms with Gasteiger partial charge in [0.2, 0.25) is 0 Å². The van der Waals surface area contributed by atoms with Crippen LogP contribution in [-0.2, 0) is 0 Å². The molecule has 0 aliphatic rings. The molecule has 6 N–H and O–H groups in total. The highest BCUT2D eigenvalue weighted by Crippen LogP contribution is 2.28. The molecule has 0 fully saturated rings. The predicted octanol–water partition coefficient (Wildman–Crippen LogP) is 2.02. The lowest BCUT2D eigenvalue weighted by Gasteiger charge is -2.00. The zero-order valence-electron chi connectivity index (χ0n) is 10.8. The van der Waals surface area contributed by atoms with Gasteiger partial charge in [-0.1, -0.05) is 0 Å². The van der Waals surface area contributed by atoms with Gasteiger partial charge in [-0.05, 0) is 35.9 Å². The Labute approximate surface area is 118 Å². The fourth-order valence-corrected chi connectivity index (χ4v) is 2.16. The summed E-state index contributed by atoms with van der Waals surface area (Å²) in [5.74, 6) is -0.483. The Kier molecular flexibility index (Phi) is 2.87. The van der Waals surface area contributed by atoms with Crippen LogP contribution < -0.4 is 16.8 Å². The minimum absolute atomic E-state index is 0.163. The second-order valence-electron chi connectivity index (χ2n) is 4.50. The first kappa shape index (κ1) is 12.8. The highest BCUT2D eigenvalue weighted by Gasteiger charge is 2.15. The van der Waals surface area contributed by atoms with Crippen LogP contribution in [0, 0.1) is 0 Å². The number of H-pyrrole nitrogens is 1. The van der Waals surface area contributed by atoms with Gasteiger partial charge in [0.15, 0.2) is 0 Å². The molecule has 0 atom stereocenters. The second-order valence-corrected chi connectivity index (χ2v) is 4.50. The molecule has 21 heavy (non-hydrogen) atoms. The number of carbonyl (C=O) groups is 2. The Morgan fingerprint density at radius 3 is 2.67 bits per heavy atom. The van der Waals surface area contributed by atoms with E-state index < -0.39 is 11.9 Å². The van der Waals surface area contributed by atoms with Crippen molar-refractivity contribution >= 4 is 28.7 Å². The molecule has 3 rings (SSSR count). The molecular weight excluding hydrogens is 272 g/mol. The van der Waals surface area contributed by atoms with Crippen molar-refractivity contribution in [3.63, 3.8) is 0 Å². The standard InChI is InChI=1S/C14H12N4O3/c15-12(19)9-6-10(17-13(9)18-14(16)20)7-1-2-11-8(5-7)3-4-21-11/h1-6,17H,(H2,15,19)(H3,16,18,20). The Hall–Kier alpha value is -3.22. The molecule has 0 unspecified atom stereocenters. The summed E-state index contributed by atoms with van der Waals surface area (Å²) >= 11 is 0. The van der Waals surface area contributed by atoms with Gasteiger partial charge in [-0.15, -0.1) is 0 Å². The third-order valence-corrected chi connectivity index (χ3v) is 3.09. The Morgan fingerprint density at radius 2 is 1.95 bits per heavy atom. The molecule has 3 amide bonds. The van der Waals surface area contributed by atoms with Gasteiger partial charge in [0.25, 0.3) is 5.91 Å². The van der Waals surface area contributed by atoms with Crippen LogP contribution in [-0.4, -0.2) is 16.9 Å². The molecule has 2 aromatic heterocycles. The highest BCUT2D eigenvalue weighted by molar-refractivity contribution is 6.03. The highest BCUT2D eigenvalue weighted by atomic mass is 16.3. The molecule has 0 aliphatic carbocycles. The quantitative estimate of drug-likeness (QED) is 0.587. The SMILES string of the molecule is NC(=O)Nc1[nH]c(-c2ccc3occc3c2)cc1C(N)=O. The van der Waals surface area contributed by atoms with Gasteiger partial charge >= 0.3 is 6.03 Å². The number of anilines is 1. The van der Waals surface area contributed by atoms with E-state index in [0.29, 0.717) is 5.69 Å². The van der Waals surface area contributed by atoms with Crippen molar-refractivity contribution in [1.29, 1.82) is 0 Å². The number of primary amides is 2. The van der Waals surface area contributed by atoms with E-state index in [1.807, 2.05) is 24.3 Å². The van der Waals surface area contributed by atoms with Crippen LogP contribution >= 0.6 is 0 Å². The topological polar surface area (TPSA) is 127 Å². The van der Waals surface area contributed by atoms with Crippen LogP contribution in [0.3, 0.4) is 0 Å². The molecule has 0 radical (unpaired) electrons. The molecule has 0 spiro atoms. The third kappa shape index (κ3) is 2.32. The summed E-state index contributed by atoms with van der Waals surface area (Å²) in [6.07, 6.45) is 1.60. The normalized spacial score (nSPS) is 10.7. The van der Waals surface area contributed by atoms with Gasteiger partial charge in [0.1, 0.15) is 11.4 Å². The number of amides is 3. The number of fused-ring (bicyclic) bond motifs is 1. The second kappa shape index (κ2) is 4.71. The molecule has 7 heteroatoms. The molecule has 7 nitrogen and oxygen atoms in total. The van der Waals surface area contributed by atoms with Crippen molar-refractivity contribution < 1.29 is 14.0 Å². The summed E-state index contributed by atoms with van der Waals surface area (Å²) in [6, 6.07) is 8.15. The lowest BCUT2D eigenvalue weighted by Crippen LogP contribution is -2.22. The van der Waals surface area contributed by atoms with Crippen molar-refractivity contribution in [3.05, 3.63) is 42.2 Å². The number of aromatic amines is 1. The van der Waals surface area contributed by atoms with Crippen molar-refractivity contribution in [2.75, 3.05) is 5.32 Å². The maximum atomic E-state index is 11.4. The van der Waals surface area contributed by atoms with E-state index in [0.717, 1.165) is 16.5 Å². The van der Waals surface area contributed by atoms with Crippen molar-refractivity contribution in [1.82, 2.24) is 4.98 Å². The lowest BCUT2D eigenvalue weighted by molar-refractivity contribution is 0.100. The van der Waals surface area contributed by atoms with E-state index in [4.69, 9.17) is 15.9 Å². The van der Waals surface area contributed by atoms with Gasteiger partial charge in [-0.2, -0.15) is 0 Å². The van der Waals surface area contributed by atoms with Gasteiger partial charge in [-0.3, -0.25) is 10.1 Å². The van der Waals surface area contributed by atoms with Crippen LogP contribution in [0.25, 0.3) is 22.2 Å². The van der Waals surface area contributed by atoms with E-state index in [9.17, 15) is 9.59 Å². The fourth-order valence-electron chi connectivity index (χ4n) is 2.16. The fraction of sp³-hybridized carbons (Fsp3) is 0. The summed E-state index contributed by atoms with van der Waals surface area (Å²) in [4.78, 5) is 25.3. The minimum Gasteiger partial charge on any atom is -0.464 e. The number of hydrogen-bond acceptors (Lipinski definition) is 3. The maximum absolute atomic E-state index is 11.4. The lowest BCUT2D eigenvalue weighted by atomic mass is 10.1. The first-order chi connectivity index (χ1) is 10.0. The molecule has 0 saturated carbocycles. The van der Waals surface area contributed by atoms with Crippen LogP contribution in [0.2, 0.25) is 0 Å². The van der Waals surface area contributed by atoms with Gasteiger partial charge in [0, 0.05) is 11.1 Å². The number of benzene rings is 1. The molecule has 0 bridgehead atoms. The van der Waals surface area contributed by atoms with Gasteiger partial charge in [-0.25, -0.2) is 4.79 Å². The van der Waals surface area contributed by atoms with Gasteiger partial charge in [0.05, 0.1) is 11.8 Å². The monoisotopic (exact) mass is 284 g/mol. The summed E-state index contributed by atoms with van der Waals surface area (Å²) in [5, 5.41) is 3.26. The molecule has 2 heterocycles.